The quantitative estimate of drug-likeness (QED) is 0.522. The number of aliphatic hydroxyl groups excluding tert-OH is 1. The summed E-state index contributed by atoms with van der Waals surface area (Å²) < 4.78 is 0. The van der Waals surface area contributed by atoms with Gasteiger partial charge in [-0.3, -0.25) is 0 Å². The Hall–Kier alpha value is 0.820. The van der Waals surface area contributed by atoms with Crippen LogP contribution in [0.25, 0.3) is 0 Å². The van der Waals surface area contributed by atoms with Gasteiger partial charge in [0.15, 0.2) is 0 Å². The fraction of sp³-hybridized carbons (Fsp3) is 1.00. The molecular formula is C2H8OP2. The average Bonchev–Trinajstić information content (AvgIpc) is 1.41. The largest absolute Gasteiger partial charge is 0.392 e. The minimum absolute atomic E-state index is 0.384. The fourth-order valence-corrected chi connectivity index (χ4v) is 0.712. The molecule has 1 N–H and O–H groups in total. The summed E-state index contributed by atoms with van der Waals surface area (Å²) in [7, 11) is 1.72. The van der Waals surface area contributed by atoms with Gasteiger partial charge in [-0.2, -0.15) is 0 Å². The second-order valence-corrected chi connectivity index (χ2v) is 4.32. The van der Waals surface area contributed by atoms with Crippen LogP contribution in [0.5, 0.6) is 0 Å². The van der Waals surface area contributed by atoms with Crippen LogP contribution < -0.4 is 0 Å². The zero-order valence-corrected chi connectivity index (χ0v) is 5.15. The van der Waals surface area contributed by atoms with Crippen molar-refractivity contribution >= 4 is 16.5 Å². The van der Waals surface area contributed by atoms with Crippen molar-refractivity contribution in [1.82, 2.24) is 0 Å². The summed E-state index contributed by atoms with van der Waals surface area (Å²) in [4.78, 5) is 0. The molecule has 0 aliphatic carbocycles. The van der Waals surface area contributed by atoms with E-state index < -0.39 is 0 Å². The molecule has 0 aliphatic rings. The second-order valence-electron chi connectivity index (χ2n) is 0.585. The molecule has 0 heterocycles. The molecule has 2 atom stereocenters. The van der Waals surface area contributed by atoms with E-state index >= 15 is 0 Å². The van der Waals surface area contributed by atoms with Crippen LogP contribution in [-0.4, -0.2) is 18.1 Å². The molecule has 0 amide bonds. The summed E-state index contributed by atoms with van der Waals surface area (Å²) in [5.74, 6) is 0. The maximum atomic E-state index is 8.09. The Morgan fingerprint density at radius 2 is 2.40 bits per heavy atom. The van der Waals surface area contributed by atoms with Crippen molar-refractivity contribution in [3.63, 3.8) is 0 Å². The molecule has 0 aromatic carbocycles. The van der Waals surface area contributed by atoms with Gasteiger partial charge >= 0.3 is 0 Å². The normalized spacial score (nSPS) is 13.2. The van der Waals surface area contributed by atoms with E-state index in [9.17, 15) is 0 Å². The summed E-state index contributed by atoms with van der Waals surface area (Å²) in [6, 6.07) is 0. The van der Waals surface area contributed by atoms with E-state index in [-0.39, 0.29) is 0 Å². The smallest absolute Gasteiger partial charge is 0.0633 e. The maximum absolute atomic E-state index is 8.09. The highest BCUT2D eigenvalue weighted by Gasteiger charge is 1.67. The van der Waals surface area contributed by atoms with Gasteiger partial charge in [0.2, 0.25) is 0 Å². The zero-order valence-electron chi connectivity index (χ0n) is 3.15. The van der Waals surface area contributed by atoms with Crippen molar-refractivity contribution in [3.05, 3.63) is 0 Å². The molecule has 0 fully saturated rings. The lowest BCUT2D eigenvalue weighted by Crippen LogP contribution is -1.55. The molecule has 0 bridgehead atoms. The van der Waals surface area contributed by atoms with Crippen molar-refractivity contribution in [2.75, 3.05) is 13.0 Å². The SMILES string of the molecule is CPPCO. The van der Waals surface area contributed by atoms with Crippen LogP contribution in [0.3, 0.4) is 0 Å². The van der Waals surface area contributed by atoms with E-state index in [1.54, 1.807) is 0 Å². The van der Waals surface area contributed by atoms with E-state index in [1.807, 2.05) is 0 Å². The molecule has 0 spiro atoms. The van der Waals surface area contributed by atoms with E-state index in [2.05, 4.69) is 6.66 Å². The predicted molar refractivity (Wildman–Crippen MR) is 29.6 cm³/mol. The highest BCUT2D eigenvalue weighted by Crippen LogP contribution is 2.30. The molecule has 0 saturated heterocycles. The van der Waals surface area contributed by atoms with Gasteiger partial charge in [0.1, 0.15) is 0 Å². The van der Waals surface area contributed by atoms with E-state index in [0.29, 0.717) is 6.35 Å². The molecule has 1 nitrogen and oxygen atoms in total. The van der Waals surface area contributed by atoms with Gasteiger partial charge < -0.3 is 5.11 Å². The van der Waals surface area contributed by atoms with E-state index in [1.165, 1.54) is 0 Å². The van der Waals surface area contributed by atoms with Gasteiger partial charge in [0.25, 0.3) is 0 Å². The van der Waals surface area contributed by atoms with E-state index in [4.69, 9.17) is 5.11 Å². The molecule has 0 aromatic rings. The number of rotatable bonds is 2. The van der Waals surface area contributed by atoms with Gasteiger partial charge in [-0.05, 0) is 6.66 Å². The standard InChI is InChI=1S/C2H8OP2/c1-4-5-2-3/h3-5H,2H2,1H3. The van der Waals surface area contributed by atoms with Crippen molar-refractivity contribution in [3.8, 4) is 0 Å². The summed E-state index contributed by atoms with van der Waals surface area (Å²) in [5.41, 5.74) is 0. The molecule has 2 unspecified atom stereocenters. The Labute approximate surface area is 35.6 Å². The zero-order chi connectivity index (χ0) is 4.12. The Morgan fingerprint density at radius 3 is 2.40 bits per heavy atom. The third-order valence-electron chi connectivity index (χ3n) is 0.256. The monoisotopic (exact) mass is 110 g/mol. The second kappa shape index (κ2) is 4.82. The highest BCUT2D eigenvalue weighted by atomic mass is 32.0. The van der Waals surface area contributed by atoms with Gasteiger partial charge in [-0.25, -0.2) is 0 Å². The first kappa shape index (κ1) is 5.82. The van der Waals surface area contributed by atoms with Crippen LogP contribution in [0.4, 0.5) is 0 Å². The third kappa shape index (κ3) is 4.82. The number of hydrogen-bond donors (Lipinski definition) is 1. The topological polar surface area (TPSA) is 20.2 Å². The Kier molecular flexibility index (Phi) is 5.61. The Bertz CT molecular complexity index is 15.1. The molecule has 0 rings (SSSR count). The minimum atomic E-state index is 0.384. The minimum Gasteiger partial charge on any atom is -0.392 e. The van der Waals surface area contributed by atoms with Crippen LogP contribution in [0.1, 0.15) is 0 Å². The Balaban J connectivity index is 2.19. The summed E-state index contributed by atoms with van der Waals surface area (Å²) in [5, 5.41) is 8.09. The lowest BCUT2D eigenvalue weighted by Gasteiger charge is -1.81. The summed E-state index contributed by atoms with van der Waals surface area (Å²) in [6.45, 7) is 2.09. The van der Waals surface area contributed by atoms with Gasteiger partial charge in [-0.15, -0.1) is 8.27 Å². The molecule has 32 valence electrons. The molecule has 0 saturated carbocycles. The van der Waals surface area contributed by atoms with Crippen LogP contribution in [-0.2, 0) is 0 Å². The number of aliphatic hydroxyl groups is 1. The molecule has 0 aliphatic heterocycles. The molecule has 0 radical (unpaired) electrons. The first-order chi connectivity index (χ1) is 2.41. The van der Waals surface area contributed by atoms with Crippen molar-refractivity contribution < 1.29 is 5.11 Å². The third-order valence-corrected chi connectivity index (χ3v) is 2.30. The average molecular weight is 110 g/mol. The fourth-order valence-electron chi connectivity index (χ4n) is 0.0791. The predicted octanol–water partition coefficient (Wildman–Crippen LogP) is 0.838. The lowest BCUT2D eigenvalue weighted by atomic mass is 11.7. The summed E-state index contributed by atoms with van der Waals surface area (Å²) >= 11 is 0. The lowest BCUT2D eigenvalue weighted by molar-refractivity contribution is 0.374. The molecule has 5 heavy (non-hydrogen) atoms. The van der Waals surface area contributed by atoms with Gasteiger partial charge in [-0.1, -0.05) is 8.27 Å². The molecular weight excluding hydrogens is 102 g/mol. The van der Waals surface area contributed by atoms with Crippen LogP contribution >= 0.6 is 16.5 Å². The van der Waals surface area contributed by atoms with Crippen LogP contribution in [0.2, 0.25) is 0 Å². The van der Waals surface area contributed by atoms with Gasteiger partial charge in [0.05, 0.1) is 6.35 Å². The Morgan fingerprint density at radius 1 is 1.80 bits per heavy atom. The van der Waals surface area contributed by atoms with Gasteiger partial charge in [0, 0.05) is 0 Å². The van der Waals surface area contributed by atoms with E-state index in [0.717, 1.165) is 16.5 Å². The summed E-state index contributed by atoms with van der Waals surface area (Å²) in [6.07, 6.45) is 0.384. The van der Waals surface area contributed by atoms with Crippen molar-refractivity contribution in [2.24, 2.45) is 0 Å². The van der Waals surface area contributed by atoms with Crippen molar-refractivity contribution in [2.45, 2.75) is 0 Å². The van der Waals surface area contributed by atoms with Crippen LogP contribution in [0, 0.1) is 0 Å². The highest BCUT2D eigenvalue weighted by molar-refractivity contribution is 8.11. The van der Waals surface area contributed by atoms with Crippen molar-refractivity contribution in [1.29, 1.82) is 0 Å². The molecule has 3 heteroatoms. The number of hydrogen-bond acceptors (Lipinski definition) is 1. The maximum Gasteiger partial charge on any atom is 0.0633 e. The first-order valence-electron chi connectivity index (χ1n) is 1.42. The molecule has 0 aromatic heterocycles. The first-order valence-corrected chi connectivity index (χ1v) is 5.13. The van der Waals surface area contributed by atoms with Crippen LogP contribution in [0.15, 0.2) is 0 Å².